The topological polar surface area (TPSA) is 0 Å². The van der Waals surface area contributed by atoms with Crippen molar-refractivity contribution >= 4 is 23.1 Å². The fraction of sp³-hybridized carbons (Fsp3) is 0.900. The standard InChI is InChI=1S/C10H20F.BrH.Mg/c1-2-3-4-5-6-7-8-9-10-11;;/h1-10H2;1H;/q-1;;+2/p-1. The van der Waals surface area contributed by atoms with Gasteiger partial charge in [-0.2, -0.15) is 6.42 Å². The maximum atomic E-state index is 11.6. The molecule has 0 nitrogen and oxygen atoms in total. The molecule has 0 aromatic rings. The molecule has 0 rings (SSSR count). The Hall–Kier alpha value is 1.18. The molecule has 0 saturated heterocycles. The van der Waals surface area contributed by atoms with Gasteiger partial charge in [-0.25, -0.2) is 0 Å². The SMILES string of the molecule is [Br-].[CH2-]CCCCCCCCCF.[Mg+2]. The molecule has 0 amide bonds. The predicted molar refractivity (Wildman–Crippen MR) is 54.0 cm³/mol. The van der Waals surface area contributed by atoms with Crippen LogP contribution in [0.1, 0.15) is 51.4 Å². The number of unbranched alkanes of at least 4 members (excludes halogenated alkanes) is 7. The number of alkyl halides is 1. The maximum absolute atomic E-state index is 11.6. The first-order valence-corrected chi connectivity index (χ1v) is 4.77. The normalized spacial score (nSPS) is 8.77. The van der Waals surface area contributed by atoms with Crippen molar-refractivity contribution in [3.8, 4) is 0 Å². The van der Waals surface area contributed by atoms with Crippen molar-refractivity contribution in [2.75, 3.05) is 6.67 Å². The average Bonchev–Trinajstić information content (AvgIpc) is 2.03. The minimum Gasteiger partial charge on any atom is -1.00 e. The summed E-state index contributed by atoms with van der Waals surface area (Å²) < 4.78 is 11.6. The zero-order chi connectivity index (χ0) is 8.36. The molecule has 0 saturated carbocycles. The molecule has 0 heterocycles. The molecule has 76 valence electrons. The van der Waals surface area contributed by atoms with E-state index in [1.54, 1.807) is 0 Å². The van der Waals surface area contributed by atoms with E-state index in [4.69, 9.17) is 0 Å². The molecule has 0 aliphatic carbocycles. The first-order chi connectivity index (χ1) is 5.41. The van der Waals surface area contributed by atoms with Crippen LogP contribution in [-0.4, -0.2) is 29.7 Å². The van der Waals surface area contributed by atoms with Crippen molar-refractivity contribution in [2.24, 2.45) is 0 Å². The van der Waals surface area contributed by atoms with E-state index in [0.717, 1.165) is 19.3 Å². The van der Waals surface area contributed by atoms with Gasteiger partial charge < -0.3 is 23.9 Å². The second-order valence-electron chi connectivity index (χ2n) is 3.02. The maximum Gasteiger partial charge on any atom is 2.00 e. The van der Waals surface area contributed by atoms with Crippen LogP contribution in [-0.2, 0) is 0 Å². The van der Waals surface area contributed by atoms with E-state index in [2.05, 4.69) is 6.92 Å². The molecule has 0 radical (unpaired) electrons. The van der Waals surface area contributed by atoms with Gasteiger partial charge >= 0.3 is 23.1 Å². The number of hydrogen-bond donors (Lipinski definition) is 0. The van der Waals surface area contributed by atoms with Crippen LogP contribution in [0.5, 0.6) is 0 Å². The Morgan fingerprint density at radius 1 is 0.769 bits per heavy atom. The van der Waals surface area contributed by atoms with Gasteiger partial charge in [-0.05, 0) is 6.42 Å². The molecule has 3 heteroatoms. The van der Waals surface area contributed by atoms with Gasteiger partial charge in [0, 0.05) is 0 Å². The molecule has 0 atom stereocenters. The van der Waals surface area contributed by atoms with Crippen LogP contribution >= 0.6 is 0 Å². The molecule has 0 fully saturated rings. The zero-order valence-electron chi connectivity index (χ0n) is 8.53. The van der Waals surface area contributed by atoms with Crippen molar-refractivity contribution in [2.45, 2.75) is 51.4 Å². The Labute approximate surface area is 109 Å². The summed E-state index contributed by atoms with van der Waals surface area (Å²) >= 11 is 0. The van der Waals surface area contributed by atoms with Crippen LogP contribution < -0.4 is 17.0 Å². The first-order valence-electron chi connectivity index (χ1n) is 4.77. The van der Waals surface area contributed by atoms with Crippen molar-refractivity contribution in [3.63, 3.8) is 0 Å². The van der Waals surface area contributed by atoms with Crippen molar-refractivity contribution < 1.29 is 21.4 Å². The summed E-state index contributed by atoms with van der Waals surface area (Å²) in [6.07, 6.45) is 9.24. The minimum absolute atomic E-state index is 0. The van der Waals surface area contributed by atoms with E-state index in [1.807, 2.05) is 0 Å². The second kappa shape index (κ2) is 18.9. The first kappa shape index (κ1) is 19.7. The summed E-state index contributed by atoms with van der Waals surface area (Å²) in [7, 11) is 0. The van der Waals surface area contributed by atoms with Gasteiger partial charge in [0.25, 0.3) is 0 Å². The molecular formula is C10H20BrFMg. The second-order valence-corrected chi connectivity index (χ2v) is 3.02. The quantitative estimate of drug-likeness (QED) is 0.341. The summed E-state index contributed by atoms with van der Waals surface area (Å²) in [6.45, 7) is 3.64. The van der Waals surface area contributed by atoms with Gasteiger partial charge in [0.05, 0.1) is 6.67 Å². The summed E-state index contributed by atoms with van der Waals surface area (Å²) in [5.41, 5.74) is 0. The number of rotatable bonds is 8. The van der Waals surface area contributed by atoms with Crippen molar-refractivity contribution in [1.82, 2.24) is 0 Å². The molecule has 0 unspecified atom stereocenters. The molecule has 0 aliphatic rings. The summed E-state index contributed by atoms with van der Waals surface area (Å²) in [5.74, 6) is 0. The third kappa shape index (κ3) is 19.5. The van der Waals surface area contributed by atoms with Crippen LogP contribution in [0, 0.1) is 6.92 Å². The van der Waals surface area contributed by atoms with E-state index < -0.39 is 0 Å². The summed E-state index contributed by atoms with van der Waals surface area (Å²) in [5, 5.41) is 0. The van der Waals surface area contributed by atoms with Crippen molar-refractivity contribution in [1.29, 1.82) is 0 Å². The Bertz CT molecular complexity index is 63.9. The van der Waals surface area contributed by atoms with Crippen LogP contribution in [0.2, 0.25) is 0 Å². The molecule has 0 aromatic heterocycles. The summed E-state index contributed by atoms with van der Waals surface area (Å²) in [4.78, 5) is 0. The van der Waals surface area contributed by atoms with E-state index in [0.29, 0.717) is 0 Å². The van der Waals surface area contributed by atoms with Crippen molar-refractivity contribution in [3.05, 3.63) is 6.92 Å². The Kier molecular flexibility index (Phi) is 28.6. The molecule has 0 aliphatic heterocycles. The van der Waals surface area contributed by atoms with E-state index in [-0.39, 0.29) is 46.7 Å². The van der Waals surface area contributed by atoms with E-state index >= 15 is 0 Å². The van der Waals surface area contributed by atoms with Crippen LogP contribution in [0.15, 0.2) is 0 Å². The van der Waals surface area contributed by atoms with Crippen LogP contribution in [0.3, 0.4) is 0 Å². The molecule has 13 heavy (non-hydrogen) atoms. The monoisotopic (exact) mass is 262 g/mol. The van der Waals surface area contributed by atoms with Gasteiger partial charge in [0.2, 0.25) is 0 Å². The smallest absolute Gasteiger partial charge is 1.00 e. The molecular weight excluding hydrogens is 243 g/mol. The number of hydrogen-bond acceptors (Lipinski definition) is 0. The Morgan fingerprint density at radius 3 is 1.54 bits per heavy atom. The average molecular weight is 263 g/mol. The van der Waals surface area contributed by atoms with Gasteiger partial charge in [-0.3, -0.25) is 4.39 Å². The fourth-order valence-corrected chi connectivity index (χ4v) is 1.16. The Balaban J connectivity index is -0.000000500. The van der Waals surface area contributed by atoms with Gasteiger partial charge in [0.1, 0.15) is 0 Å². The molecule has 0 spiro atoms. The number of halogens is 2. The van der Waals surface area contributed by atoms with Gasteiger partial charge in [0.15, 0.2) is 0 Å². The van der Waals surface area contributed by atoms with Gasteiger partial charge in [-0.15, -0.1) is 0 Å². The van der Waals surface area contributed by atoms with E-state index in [9.17, 15) is 4.39 Å². The van der Waals surface area contributed by atoms with Crippen LogP contribution in [0.25, 0.3) is 0 Å². The molecule has 0 aromatic carbocycles. The third-order valence-corrected chi connectivity index (χ3v) is 1.88. The van der Waals surface area contributed by atoms with Crippen LogP contribution in [0.4, 0.5) is 4.39 Å². The zero-order valence-corrected chi connectivity index (χ0v) is 11.5. The van der Waals surface area contributed by atoms with Gasteiger partial charge in [-0.1, -0.05) is 38.5 Å². The largest absolute Gasteiger partial charge is 2.00 e. The molecule has 0 bridgehead atoms. The molecule has 0 N–H and O–H groups in total. The summed E-state index contributed by atoms with van der Waals surface area (Å²) in [6, 6.07) is 0. The third-order valence-electron chi connectivity index (χ3n) is 1.88. The fourth-order valence-electron chi connectivity index (χ4n) is 1.16. The predicted octanol–water partition coefficient (Wildman–Crippen LogP) is 0.534. The Morgan fingerprint density at radius 2 is 1.15 bits per heavy atom. The van der Waals surface area contributed by atoms with E-state index in [1.165, 1.54) is 32.1 Å². The minimum atomic E-state index is -0.140.